The standard InChI is InChI=1S/C28H28F2N6OS/c1-4-6-20-16(13(3)5-2)10-36(20)28-34-8-15-17-11-37-12-18(17)21(23(30)24(15)35-28)25-22-14(7-31)27(32)38-26(22)19(29)9-33-25/h8-9,13,16,20H,4-6,10-12,32H2,1-3H3/t13?,16-,20?/m1/s1. The van der Waals surface area contributed by atoms with E-state index in [1.165, 1.54) is 0 Å². The van der Waals surface area contributed by atoms with Gasteiger partial charge in [-0.1, -0.05) is 33.6 Å². The largest absolute Gasteiger partial charge is 0.389 e. The molecule has 2 N–H and O–H groups in total. The first-order valence-corrected chi connectivity index (χ1v) is 13.8. The van der Waals surface area contributed by atoms with E-state index in [-0.39, 0.29) is 50.6 Å². The molecule has 1 aromatic carbocycles. The van der Waals surface area contributed by atoms with E-state index in [4.69, 9.17) is 15.5 Å². The summed E-state index contributed by atoms with van der Waals surface area (Å²) >= 11 is 0.962. The van der Waals surface area contributed by atoms with Crippen molar-refractivity contribution in [3.63, 3.8) is 0 Å². The van der Waals surface area contributed by atoms with Crippen molar-refractivity contribution in [2.75, 3.05) is 17.2 Å². The zero-order valence-electron chi connectivity index (χ0n) is 21.5. The van der Waals surface area contributed by atoms with Gasteiger partial charge in [-0.25, -0.2) is 18.7 Å². The predicted octanol–water partition coefficient (Wildman–Crippen LogP) is 6.32. The van der Waals surface area contributed by atoms with E-state index in [0.29, 0.717) is 34.8 Å². The van der Waals surface area contributed by atoms with Crippen LogP contribution in [0.2, 0.25) is 0 Å². The molecule has 2 unspecified atom stereocenters. The van der Waals surface area contributed by atoms with E-state index >= 15 is 4.39 Å². The maximum atomic E-state index is 16.5. The molecule has 0 amide bonds. The molecule has 1 fully saturated rings. The number of hydrogen-bond donors (Lipinski definition) is 1. The fourth-order valence-electron chi connectivity index (χ4n) is 6.01. The molecule has 3 atom stereocenters. The van der Waals surface area contributed by atoms with Crippen molar-refractivity contribution in [3.05, 3.63) is 40.7 Å². The molecule has 0 spiro atoms. The summed E-state index contributed by atoms with van der Waals surface area (Å²) in [6, 6.07) is 2.36. The number of nitrogen functional groups attached to an aromatic ring is 1. The molecule has 1 saturated heterocycles. The summed E-state index contributed by atoms with van der Waals surface area (Å²) in [5, 5.41) is 10.7. The molecule has 38 heavy (non-hydrogen) atoms. The number of benzene rings is 1. The second-order valence-corrected chi connectivity index (χ2v) is 11.3. The quantitative estimate of drug-likeness (QED) is 0.309. The number of halogens is 2. The van der Waals surface area contributed by atoms with Crippen LogP contribution in [0.1, 0.15) is 56.7 Å². The Morgan fingerprint density at radius 1 is 1.24 bits per heavy atom. The molecule has 10 heteroatoms. The zero-order valence-corrected chi connectivity index (χ0v) is 22.3. The van der Waals surface area contributed by atoms with E-state index in [1.54, 1.807) is 6.20 Å². The highest BCUT2D eigenvalue weighted by Gasteiger charge is 2.42. The molecule has 5 heterocycles. The number of nitrogens with zero attached hydrogens (tertiary/aromatic N) is 5. The third-order valence-corrected chi connectivity index (χ3v) is 9.28. The molecule has 2 aliphatic heterocycles. The smallest absolute Gasteiger partial charge is 0.226 e. The van der Waals surface area contributed by atoms with Crippen molar-refractivity contribution in [2.45, 2.75) is 59.3 Å². The van der Waals surface area contributed by atoms with Crippen LogP contribution < -0.4 is 10.6 Å². The van der Waals surface area contributed by atoms with Crippen LogP contribution in [0.25, 0.3) is 32.2 Å². The van der Waals surface area contributed by atoms with Gasteiger partial charge in [-0.3, -0.25) is 4.98 Å². The number of hydrogen-bond acceptors (Lipinski definition) is 8. The first kappa shape index (κ1) is 24.9. The van der Waals surface area contributed by atoms with E-state index < -0.39 is 11.6 Å². The monoisotopic (exact) mass is 534 g/mol. The van der Waals surface area contributed by atoms with E-state index in [9.17, 15) is 9.65 Å². The molecule has 0 aliphatic carbocycles. The van der Waals surface area contributed by atoms with Crippen LogP contribution >= 0.6 is 11.3 Å². The number of ether oxygens (including phenoxy) is 1. The van der Waals surface area contributed by atoms with Crippen LogP contribution in [0.4, 0.5) is 19.7 Å². The van der Waals surface area contributed by atoms with E-state index in [2.05, 4.69) is 35.6 Å². The van der Waals surface area contributed by atoms with Gasteiger partial charge in [0.15, 0.2) is 11.6 Å². The van der Waals surface area contributed by atoms with Crippen molar-refractivity contribution in [2.24, 2.45) is 11.8 Å². The number of pyridine rings is 1. The van der Waals surface area contributed by atoms with Gasteiger partial charge in [0.05, 0.1) is 35.4 Å². The Labute approximate surface area is 223 Å². The Kier molecular flexibility index (Phi) is 6.16. The number of nitriles is 1. The number of fused-ring (bicyclic) bond motifs is 4. The van der Waals surface area contributed by atoms with Crippen LogP contribution in [0, 0.1) is 34.8 Å². The average Bonchev–Trinajstić information content (AvgIpc) is 3.52. The van der Waals surface area contributed by atoms with E-state index in [1.807, 2.05) is 6.07 Å². The van der Waals surface area contributed by atoms with Crippen LogP contribution in [-0.2, 0) is 18.0 Å². The second-order valence-electron chi connectivity index (χ2n) is 10.2. The molecule has 3 aromatic heterocycles. The molecule has 2 aliphatic rings. The third-order valence-electron chi connectivity index (χ3n) is 8.25. The minimum Gasteiger partial charge on any atom is -0.389 e. The lowest BCUT2D eigenvalue weighted by atomic mass is 9.76. The van der Waals surface area contributed by atoms with Gasteiger partial charge in [0.25, 0.3) is 0 Å². The second kappa shape index (κ2) is 9.40. The fourth-order valence-corrected chi connectivity index (χ4v) is 6.93. The first-order valence-electron chi connectivity index (χ1n) is 13.0. The Balaban J connectivity index is 1.55. The van der Waals surface area contributed by atoms with Gasteiger partial charge in [0.1, 0.15) is 16.6 Å². The summed E-state index contributed by atoms with van der Waals surface area (Å²) in [6.07, 6.45) is 5.92. The lowest BCUT2D eigenvalue weighted by Crippen LogP contribution is -2.59. The van der Waals surface area contributed by atoms with Crippen molar-refractivity contribution < 1.29 is 13.5 Å². The Bertz CT molecular complexity index is 1630. The molecule has 196 valence electrons. The van der Waals surface area contributed by atoms with Gasteiger partial charge in [-0.15, -0.1) is 11.3 Å². The fraction of sp³-hybridized carbons (Fsp3) is 0.429. The number of rotatable bonds is 6. The summed E-state index contributed by atoms with van der Waals surface area (Å²) in [5.74, 6) is 0.475. The number of aromatic nitrogens is 3. The molecule has 4 aromatic rings. The summed E-state index contributed by atoms with van der Waals surface area (Å²) in [7, 11) is 0. The minimum atomic E-state index is -0.601. The van der Waals surface area contributed by atoms with Gasteiger partial charge in [0, 0.05) is 35.1 Å². The van der Waals surface area contributed by atoms with Gasteiger partial charge >= 0.3 is 0 Å². The van der Waals surface area contributed by atoms with Crippen molar-refractivity contribution in [1.82, 2.24) is 15.0 Å². The van der Waals surface area contributed by atoms with Crippen molar-refractivity contribution >= 4 is 43.3 Å². The summed E-state index contributed by atoms with van der Waals surface area (Å²) < 4.78 is 37.1. The normalized spacial score (nSPS) is 19.5. The molecular weight excluding hydrogens is 506 g/mol. The van der Waals surface area contributed by atoms with Gasteiger partial charge in [-0.2, -0.15) is 5.26 Å². The van der Waals surface area contributed by atoms with Crippen LogP contribution in [-0.4, -0.2) is 27.5 Å². The van der Waals surface area contributed by atoms with Crippen molar-refractivity contribution in [1.29, 1.82) is 5.26 Å². The molecule has 6 rings (SSSR count). The highest BCUT2D eigenvalue weighted by atomic mass is 32.1. The Morgan fingerprint density at radius 2 is 2.03 bits per heavy atom. The predicted molar refractivity (Wildman–Crippen MR) is 145 cm³/mol. The van der Waals surface area contributed by atoms with Crippen LogP contribution in [0.15, 0.2) is 12.4 Å². The lowest BCUT2D eigenvalue weighted by molar-refractivity contribution is 0.135. The number of nitrogens with two attached hydrogens (primary N) is 1. The topological polar surface area (TPSA) is 101 Å². The molecular formula is C28H28F2N6OS. The summed E-state index contributed by atoms with van der Waals surface area (Å²) in [6.45, 7) is 7.95. The SMILES string of the molecule is CCCC1[C@@H](C(C)CC)CN1c1ncc2c3c(c(-c4ncc(F)c5sc(N)c(C#N)c45)c(F)c2n1)COC3. The minimum absolute atomic E-state index is 0.0987. The highest BCUT2D eigenvalue weighted by molar-refractivity contribution is 7.23. The summed E-state index contributed by atoms with van der Waals surface area (Å²) in [4.78, 5) is 15.9. The van der Waals surface area contributed by atoms with Crippen molar-refractivity contribution in [3.8, 4) is 17.3 Å². The average molecular weight is 535 g/mol. The van der Waals surface area contributed by atoms with Gasteiger partial charge < -0.3 is 15.4 Å². The maximum absolute atomic E-state index is 16.5. The van der Waals surface area contributed by atoms with Gasteiger partial charge in [-0.05, 0) is 29.4 Å². The van der Waals surface area contributed by atoms with E-state index in [0.717, 1.165) is 48.9 Å². The first-order chi connectivity index (χ1) is 18.4. The van der Waals surface area contributed by atoms with Crippen LogP contribution in [0.3, 0.4) is 0 Å². The Hall–Kier alpha value is -3.42. The van der Waals surface area contributed by atoms with Crippen LogP contribution in [0.5, 0.6) is 0 Å². The maximum Gasteiger partial charge on any atom is 0.226 e. The molecule has 0 radical (unpaired) electrons. The molecule has 0 saturated carbocycles. The Morgan fingerprint density at radius 3 is 2.76 bits per heavy atom. The number of thiophene rings is 1. The highest BCUT2D eigenvalue weighted by Crippen LogP contribution is 2.45. The molecule has 7 nitrogen and oxygen atoms in total. The third kappa shape index (κ3) is 3.56. The lowest BCUT2D eigenvalue weighted by Gasteiger charge is -2.51. The molecule has 0 bridgehead atoms. The van der Waals surface area contributed by atoms with Gasteiger partial charge in [0.2, 0.25) is 5.95 Å². The number of anilines is 2. The summed E-state index contributed by atoms with van der Waals surface area (Å²) in [5.41, 5.74) is 8.07. The zero-order chi connectivity index (χ0) is 26.7.